The van der Waals surface area contributed by atoms with E-state index in [4.69, 9.17) is 4.74 Å². The van der Waals surface area contributed by atoms with Gasteiger partial charge < -0.3 is 10.1 Å². The molecule has 124 valence electrons. The van der Waals surface area contributed by atoms with Crippen LogP contribution in [0.5, 0.6) is 0 Å². The molecule has 5 nitrogen and oxygen atoms in total. The van der Waals surface area contributed by atoms with Crippen molar-refractivity contribution < 1.29 is 9.53 Å². The topological polar surface area (TPSA) is 75.0 Å². The van der Waals surface area contributed by atoms with E-state index in [0.29, 0.717) is 17.2 Å². The van der Waals surface area contributed by atoms with Crippen molar-refractivity contribution in [3.8, 4) is 6.07 Å². The van der Waals surface area contributed by atoms with Gasteiger partial charge in [0.05, 0.1) is 17.9 Å². The first kappa shape index (κ1) is 18.7. The molecule has 0 saturated carbocycles. The molecule has 7 heteroatoms. The van der Waals surface area contributed by atoms with Gasteiger partial charge >= 0.3 is 0 Å². The van der Waals surface area contributed by atoms with Gasteiger partial charge in [-0.3, -0.25) is 4.79 Å². The van der Waals surface area contributed by atoms with Crippen molar-refractivity contribution in [3.63, 3.8) is 0 Å². The maximum Gasteiger partial charge on any atom is 0.234 e. The number of methoxy groups -OCH3 is 1. The molecular formula is C17H16IN3O2S. The monoisotopic (exact) mass is 453 g/mol. The Bertz CT molecular complexity index is 773. The standard InChI is InChI=1S/C17H16IN3O2S/c1-11-7-12(9-23-2)15(8-19)17(20-11)24-10-16(22)21-14-5-3-13(18)4-6-14/h3-7H,9-10H2,1-2H3,(H,21,22). The largest absolute Gasteiger partial charge is 0.380 e. The number of halogens is 1. The van der Waals surface area contributed by atoms with Crippen molar-refractivity contribution in [2.75, 3.05) is 18.2 Å². The second-order valence-electron chi connectivity index (χ2n) is 4.99. The lowest BCUT2D eigenvalue weighted by Crippen LogP contribution is -2.14. The van der Waals surface area contributed by atoms with Gasteiger partial charge in [0.15, 0.2) is 0 Å². The van der Waals surface area contributed by atoms with Gasteiger partial charge in [0.2, 0.25) is 5.91 Å². The smallest absolute Gasteiger partial charge is 0.234 e. The Hall–Kier alpha value is -1.63. The number of pyridine rings is 1. The van der Waals surface area contributed by atoms with Crippen molar-refractivity contribution >= 4 is 45.9 Å². The van der Waals surface area contributed by atoms with Gasteiger partial charge in [-0.25, -0.2) is 4.98 Å². The quantitative estimate of drug-likeness (QED) is 0.533. The van der Waals surface area contributed by atoms with Gasteiger partial charge in [0.1, 0.15) is 11.1 Å². The SMILES string of the molecule is COCc1cc(C)nc(SCC(=O)Nc2ccc(I)cc2)c1C#N. The Morgan fingerprint density at radius 3 is 2.75 bits per heavy atom. The minimum atomic E-state index is -0.137. The average Bonchev–Trinajstić information content (AvgIpc) is 2.55. The normalized spacial score (nSPS) is 10.2. The molecule has 0 saturated heterocycles. The summed E-state index contributed by atoms with van der Waals surface area (Å²) < 4.78 is 6.23. The fourth-order valence-electron chi connectivity index (χ4n) is 2.07. The zero-order valence-corrected chi connectivity index (χ0v) is 16.3. The molecule has 0 atom stereocenters. The highest BCUT2D eigenvalue weighted by atomic mass is 127. The predicted octanol–water partition coefficient (Wildman–Crippen LogP) is 3.74. The highest BCUT2D eigenvalue weighted by molar-refractivity contribution is 14.1. The van der Waals surface area contributed by atoms with E-state index in [0.717, 1.165) is 20.5 Å². The maximum absolute atomic E-state index is 12.1. The molecular weight excluding hydrogens is 437 g/mol. The molecule has 0 bridgehead atoms. The number of aromatic nitrogens is 1. The first-order valence-corrected chi connectivity index (χ1v) is 9.17. The zero-order chi connectivity index (χ0) is 17.5. The van der Waals surface area contributed by atoms with Crippen LogP contribution in [0.1, 0.15) is 16.8 Å². The van der Waals surface area contributed by atoms with Crippen molar-refractivity contribution in [2.45, 2.75) is 18.6 Å². The minimum absolute atomic E-state index is 0.137. The van der Waals surface area contributed by atoms with Crippen LogP contribution in [0.25, 0.3) is 0 Å². The van der Waals surface area contributed by atoms with Gasteiger partial charge in [-0.05, 0) is 65.4 Å². The highest BCUT2D eigenvalue weighted by Gasteiger charge is 2.13. The number of amides is 1. The molecule has 24 heavy (non-hydrogen) atoms. The van der Waals surface area contributed by atoms with E-state index in [1.165, 1.54) is 11.8 Å². The molecule has 1 N–H and O–H groups in total. The number of thioether (sulfide) groups is 1. The lowest BCUT2D eigenvalue weighted by molar-refractivity contribution is -0.113. The Kier molecular flexibility index (Phi) is 7.02. The van der Waals surface area contributed by atoms with E-state index in [1.807, 2.05) is 37.3 Å². The van der Waals surface area contributed by atoms with Crippen LogP contribution in [0.3, 0.4) is 0 Å². The molecule has 2 aromatic rings. The van der Waals surface area contributed by atoms with E-state index in [2.05, 4.69) is 39.0 Å². The summed E-state index contributed by atoms with van der Waals surface area (Å²) in [6.07, 6.45) is 0. The Balaban J connectivity index is 2.07. The lowest BCUT2D eigenvalue weighted by atomic mass is 10.1. The van der Waals surface area contributed by atoms with E-state index in [-0.39, 0.29) is 11.7 Å². The molecule has 1 aromatic carbocycles. The number of carbonyl (C=O) groups is 1. The van der Waals surface area contributed by atoms with Crippen molar-refractivity contribution in [1.82, 2.24) is 4.98 Å². The van der Waals surface area contributed by atoms with Crippen LogP contribution < -0.4 is 5.32 Å². The second-order valence-corrected chi connectivity index (χ2v) is 7.20. The van der Waals surface area contributed by atoms with E-state index < -0.39 is 0 Å². The number of carbonyl (C=O) groups excluding carboxylic acids is 1. The lowest BCUT2D eigenvalue weighted by Gasteiger charge is -2.10. The molecule has 0 aliphatic rings. The summed E-state index contributed by atoms with van der Waals surface area (Å²) in [6, 6.07) is 11.6. The molecule has 0 spiro atoms. The number of nitrogens with one attached hydrogen (secondary N) is 1. The number of aryl methyl sites for hydroxylation is 1. The predicted molar refractivity (Wildman–Crippen MR) is 103 cm³/mol. The third-order valence-corrected chi connectivity index (χ3v) is 4.77. The number of rotatable bonds is 6. The van der Waals surface area contributed by atoms with Gasteiger partial charge in [0, 0.05) is 22.1 Å². The molecule has 0 fully saturated rings. The molecule has 0 radical (unpaired) electrons. The highest BCUT2D eigenvalue weighted by Crippen LogP contribution is 2.24. The van der Waals surface area contributed by atoms with Crippen molar-refractivity contribution in [1.29, 1.82) is 5.26 Å². The minimum Gasteiger partial charge on any atom is -0.380 e. The van der Waals surface area contributed by atoms with Crippen molar-refractivity contribution in [2.24, 2.45) is 0 Å². The second kappa shape index (κ2) is 9.01. The summed E-state index contributed by atoms with van der Waals surface area (Å²) in [5, 5.41) is 12.8. The Labute approximate surface area is 159 Å². The van der Waals surface area contributed by atoms with Crippen LogP contribution in [0, 0.1) is 21.8 Å². The molecule has 0 unspecified atom stereocenters. The van der Waals surface area contributed by atoms with Gasteiger partial charge in [0.25, 0.3) is 0 Å². The molecule has 2 rings (SSSR count). The molecule has 1 amide bonds. The van der Waals surface area contributed by atoms with Crippen LogP contribution >= 0.6 is 34.4 Å². The fourth-order valence-corrected chi connectivity index (χ4v) is 3.30. The Morgan fingerprint density at radius 2 is 2.12 bits per heavy atom. The van der Waals surface area contributed by atoms with Gasteiger partial charge in [-0.1, -0.05) is 11.8 Å². The Morgan fingerprint density at radius 1 is 1.42 bits per heavy atom. The molecule has 1 heterocycles. The van der Waals surface area contributed by atoms with Crippen LogP contribution in [0.2, 0.25) is 0 Å². The first-order valence-electron chi connectivity index (χ1n) is 7.11. The summed E-state index contributed by atoms with van der Waals surface area (Å²) in [6.45, 7) is 2.20. The maximum atomic E-state index is 12.1. The van der Waals surface area contributed by atoms with E-state index in [9.17, 15) is 10.1 Å². The average molecular weight is 453 g/mol. The van der Waals surface area contributed by atoms with E-state index in [1.54, 1.807) is 7.11 Å². The molecule has 1 aromatic heterocycles. The van der Waals surface area contributed by atoms with Crippen LogP contribution in [-0.2, 0) is 16.1 Å². The number of nitriles is 1. The van der Waals surface area contributed by atoms with Gasteiger partial charge in [-0.2, -0.15) is 5.26 Å². The molecule has 0 aliphatic carbocycles. The number of ether oxygens (including phenoxy) is 1. The summed E-state index contributed by atoms with van der Waals surface area (Å²) >= 11 is 3.46. The summed E-state index contributed by atoms with van der Waals surface area (Å²) in [5.74, 6) is 0.0468. The van der Waals surface area contributed by atoms with Crippen LogP contribution in [-0.4, -0.2) is 23.8 Å². The number of hydrogen-bond donors (Lipinski definition) is 1. The van der Waals surface area contributed by atoms with Crippen LogP contribution in [0.15, 0.2) is 35.4 Å². The first-order chi connectivity index (χ1) is 11.5. The number of hydrogen-bond acceptors (Lipinski definition) is 5. The summed E-state index contributed by atoms with van der Waals surface area (Å²) in [4.78, 5) is 16.5. The fraction of sp³-hybridized carbons (Fsp3) is 0.235. The number of nitrogens with zero attached hydrogens (tertiary/aromatic N) is 2. The zero-order valence-electron chi connectivity index (χ0n) is 13.3. The molecule has 0 aliphatic heterocycles. The number of anilines is 1. The summed E-state index contributed by atoms with van der Waals surface area (Å²) in [5.41, 5.74) is 2.79. The van der Waals surface area contributed by atoms with Crippen molar-refractivity contribution in [3.05, 3.63) is 50.7 Å². The summed E-state index contributed by atoms with van der Waals surface area (Å²) in [7, 11) is 1.58. The van der Waals surface area contributed by atoms with Crippen LogP contribution in [0.4, 0.5) is 5.69 Å². The third kappa shape index (κ3) is 5.19. The van der Waals surface area contributed by atoms with Gasteiger partial charge in [-0.15, -0.1) is 0 Å². The number of benzene rings is 1. The third-order valence-electron chi connectivity index (χ3n) is 3.08. The van der Waals surface area contributed by atoms with E-state index >= 15 is 0 Å².